The molecule has 1 aliphatic carbocycles. The first kappa shape index (κ1) is 32.2. The molecule has 11 atom stereocenters. The topological polar surface area (TPSA) is 280 Å². The number of hydrogen-bond donors (Lipinski definition) is 11. The Kier molecular flexibility index (Phi) is 14.0. The van der Waals surface area contributed by atoms with Crippen LogP contribution < -0.4 is 39.3 Å². The van der Waals surface area contributed by atoms with Gasteiger partial charge in [0.25, 0.3) is 0 Å². The Labute approximate surface area is 217 Å². The van der Waals surface area contributed by atoms with Crippen molar-refractivity contribution in [2.75, 3.05) is 39.3 Å². The average Bonchev–Trinajstić information content (AvgIpc) is 2.87. The van der Waals surface area contributed by atoms with E-state index < -0.39 is 73.1 Å². The zero-order valence-corrected chi connectivity index (χ0v) is 21.2. The zero-order chi connectivity index (χ0) is 27.5. The van der Waals surface area contributed by atoms with Crippen molar-refractivity contribution in [1.82, 2.24) is 10.6 Å². The first-order valence-corrected chi connectivity index (χ1v) is 12.9. The highest BCUT2D eigenvalue weighted by Gasteiger charge is 2.49. The molecule has 0 aromatic heterocycles. The molecule has 1 saturated carbocycles. The summed E-state index contributed by atoms with van der Waals surface area (Å²) in [6, 6.07) is -2.65. The van der Waals surface area contributed by atoms with E-state index in [1.807, 2.05) is 0 Å². The second kappa shape index (κ2) is 16.1. The summed E-state index contributed by atoms with van der Waals surface area (Å²) in [5.74, 6) is -0.650. The van der Waals surface area contributed by atoms with Crippen molar-refractivity contribution < 1.29 is 39.4 Å². The van der Waals surface area contributed by atoms with Crippen LogP contribution in [0, 0.1) is 0 Å². The summed E-state index contributed by atoms with van der Waals surface area (Å²) in [7, 11) is 0. The molecule has 1 aliphatic heterocycles. The predicted molar refractivity (Wildman–Crippen MR) is 134 cm³/mol. The number of amides is 1. The lowest BCUT2D eigenvalue weighted by Gasteiger charge is -2.47. The molecule has 16 N–H and O–H groups in total. The molecule has 37 heavy (non-hydrogen) atoms. The number of rotatable bonds is 15. The molecule has 1 amide bonds. The monoisotopic (exact) mass is 537 g/mol. The van der Waals surface area contributed by atoms with E-state index in [0.29, 0.717) is 13.1 Å². The van der Waals surface area contributed by atoms with Crippen molar-refractivity contribution in [3.05, 3.63) is 0 Å². The van der Waals surface area contributed by atoms with E-state index in [4.69, 9.17) is 42.9 Å². The van der Waals surface area contributed by atoms with E-state index in [9.17, 15) is 25.2 Å². The fourth-order valence-corrected chi connectivity index (χ4v) is 4.56. The van der Waals surface area contributed by atoms with Crippen LogP contribution in [0.5, 0.6) is 0 Å². The molecule has 2 aliphatic rings. The van der Waals surface area contributed by atoms with Crippen LogP contribution in [0.4, 0.5) is 0 Å². The second-order valence-electron chi connectivity index (χ2n) is 9.62. The fourth-order valence-electron chi connectivity index (χ4n) is 4.56. The van der Waals surface area contributed by atoms with Gasteiger partial charge >= 0.3 is 0 Å². The van der Waals surface area contributed by atoms with Gasteiger partial charge in [-0.25, -0.2) is 0 Å². The SMILES string of the molecule is NCCCCNCCO[C@@H]1[C@@H](O)[C@H](O[C@H]2O[C@H](CN)[C@@H](O)[C@H](O)[C@H]2N)[C@@H](N)C[C@H]1NC(=O)[C@@H](O)CCN. The van der Waals surface area contributed by atoms with Gasteiger partial charge in [0.05, 0.1) is 18.7 Å². The summed E-state index contributed by atoms with van der Waals surface area (Å²) >= 11 is 0. The van der Waals surface area contributed by atoms with Crippen LogP contribution in [0.1, 0.15) is 25.7 Å². The minimum absolute atomic E-state index is 0.0739. The lowest BCUT2D eigenvalue weighted by molar-refractivity contribution is -0.289. The van der Waals surface area contributed by atoms with Crippen LogP contribution in [0.2, 0.25) is 0 Å². The van der Waals surface area contributed by atoms with Crippen LogP contribution in [0.25, 0.3) is 0 Å². The van der Waals surface area contributed by atoms with Crippen LogP contribution in [-0.2, 0) is 19.0 Å². The summed E-state index contributed by atoms with van der Waals surface area (Å²) in [5, 5.41) is 47.6. The van der Waals surface area contributed by atoms with Gasteiger partial charge in [-0.2, -0.15) is 0 Å². The molecule has 15 nitrogen and oxygen atoms in total. The smallest absolute Gasteiger partial charge is 0.249 e. The number of hydrogen-bond acceptors (Lipinski definition) is 14. The maximum atomic E-state index is 12.5. The number of carbonyl (C=O) groups excluding carboxylic acids is 1. The summed E-state index contributed by atoms with van der Waals surface area (Å²) in [5.41, 5.74) is 28.9. The first-order chi connectivity index (χ1) is 17.7. The fraction of sp³-hybridized carbons (Fsp3) is 0.955. The minimum Gasteiger partial charge on any atom is -0.388 e. The molecule has 15 heteroatoms. The molecule has 218 valence electrons. The van der Waals surface area contributed by atoms with Gasteiger partial charge in [0.2, 0.25) is 5.91 Å². The van der Waals surface area contributed by atoms with Crippen molar-refractivity contribution >= 4 is 5.91 Å². The Morgan fingerprint density at radius 3 is 2.38 bits per heavy atom. The summed E-state index contributed by atoms with van der Waals surface area (Å²) in [4.78, 5) is 12.5. The highest BCUT2D eigenvalue weighted by atomic mass is 16.7. The molecule has 1 heterocycles. The maximum absolute atomic E-state index is 12.5. The number of nitrogens with two attached hydrogens (primary N) is 5. The number of carbonyl (C=O) groups is 1. The zero-order valence-electron chi connectivity index (χ0n) is 21.2. The lowest BCUT2D eigenvalue weighted by atomic mass is 9.83. The first-order valence-electron chi connectivity index (χ1n) is 12.9. The maximum Gasteiger partial charge on any atom is 0.249 e. The van der Waals surface area contributed by atoms with Gasteiger partial charge in [0.1, 0.15) is 42.7 Å². The standard InChI is InChI=1S/C22H47N7O8/c23-4-1-2-6-28-7-8-35-20-12(29-21(34)13(30)3-5-24)9-11(26)19(18(20)33)37-22-15(27)17(32)16(31)14(10-25)36-22/h11-20,22,28,30-33H,1-10,23-27H2,(H,29,34)/t11-,12+,13-,14+,15+,16+,17+,18-,19+,20-,22+/m0/s1. The number of ether oxygens (including phenoxy) is 3. The molecular weight excluding hydrogens is 490 g/mol. The molecule has 2 rings (SSSR count). The molecule has 0 spiro atoms. The van der Waals surface area contributed by atoms with Gasteiger partial charge in [-0.3, -0.25) is 4.79 Å². The van der Waals surface area contributed by atoms with E-state index in [2.05, 4.69) is 10.6 Å². The Balaban J connectivity index is 2.09. The number of nitrogens with one attached hydrogen (secondary N) is 2. The van der Waals surface area contributed by atoms with Crippen molar-refractivity contribution in [2.24, 2.45) is 28.7 Å². The third kappa shape index (κ3) is 8.99. The average molecular weight is 538 g/mol. The van der Waals surface area contributed by atoms with E-state index in [1.54, 1.807) is 0 Å². The van der Waals surface area contributed by atoms with Crippen LogP contribution in [0.3, 0.4) is 0 Å². The Hall–Kier alpha value is -1.05. The third-order valence-electron chi connectivity index (χ3n) is 6.76. The Bertz CT molecular complexity index is 667. The molecular formula is C22H47N7O8. The predicted octanol–water partition coefficient (Wildman–Crippen LogP) is -5.90. The van der Waals surface area contributed by atoms with Gasteiger partial charge in [0.15, 0.2) is 6.29 Å². The molecule has 0 radical (unpaired) electrons. The van der Waals surface area contributed by atoms with Gasteiger partial charge in [-0.15, -0.1) is 0 Å². The van der Waals surface area contributed by atoms with Crippen molar-refractivity contribution in [3.8, 4) is 0 Å². The normalized spacial score (nSPS) is 37.3. The van der Waals surface area contributed by atoms with Crippen molar-refractivity contribution in [3.63, 3.8) is 0 Å². The van der Waals surface area contributed by atoms with E-state index >= 15 is 0 Å². The minimum atomic E-state index is -1.36. The van der Waals surface area contributed by atoms with Crippen molar-refractivity contribution in [1.29, 1.82) is 0 Å². The van der Waals surface area contributed by atoms with Crippen LogP contribution in [-0.4, -0.2) is 133 Å². The Morgan fingerprint density at radius 1 is 1.00 bits per heavy atom. The van der Waals surface area contributed by atoms with Crippen molar-refractivity contribution in [2.45, 2.75) is 92.8 Å². The summed E-state index contributed by atoms with van der Waals surface area (Å²) in [6.45, 7) is 2.10. The van der Waals surface area contributed by atoms with E-state index in [0.717, 1.165) is 19.4 Å². The number of unbranched alkanes of at least 4 members (excludes halogenated alkanes) is 1. The molecule has 0 aromatic rings. The van der Waals surface area contributed by atoms with Crippen LogP contribution >= 0.6 is 0 Å². The van der Waals surface area contributed by atoms with Gasteiger partial charge < -0.3 is 73.9 Å². The summed E-state index contributed by atoms with van der Waals surface area (Å²) < 4.78 is 17.5. The van der Waals surface area contributed by atoms with Crippen LogP contribution in [0.15, 0.2) is 0 Å². The summed E-state index contributed by atoms with van der Waals surface area (Å²) in [6.07, 6.45) is -7.38. The van der Waals surface area contributed by atoms with Gasteiger partial charge in [-0.05, 0) is 45.3 Å². The molecule has 0 unspecified atom stereocenters. The molecule has 1 saturated heterocycles. The second-order valence-corrected chi connectivity index (χ2v) is 9.62. The Morgan fingerprint density at radius 2 is 1.73 bits per heavy atom. The highest BCUT2D eigenvalue weighted by molar-refractivity contribution is 5.80. The van der Waals surface area contributed by atoms with E-state index in [1.165, 1.54) is 0 Å². The molecule has 2 fully saturated rings. The van der Waals surface area contributed by atoms with Gasteiger partial charge in [0, 0.05) is 19.1 Å². The lowest BCUT2D eigenvalue weighted by Crippen LogP contribution is -2.68. The third-order valence-corrected chi connectivity index (χ3v) is 6.76. The largest absolute Gasteiger partial charge is 0.388 e. The number of aliphatic hydroxyl groups is 4. The highest BCUT2D eigenvalue weighted by Crippen LogP contribution is 2.29. The number of aliphatic hydroxyl groups excluding tert-OH is 4. The van der Waals surface area contributed by atoms with E-state index in [-0.39, 0.29) is 32.5 Å². The van der Waals surface area contributed by atoms with Gasteiger partial charge in [-0.1, -0.05) is 0 Å². The molecule has 0 aromatic carbocycles. The quantitative estimate of drug-likeness (QED) is 0.0868. The molecule has 0 bridgehead atoms.